The molecule has 12 heteroatoms. The lowest BCUT2D eigenvalue weighted by Crippen LogP contribution is -2.47. The Kier molecular flexibility index (Phi) is 5.94. The van der Waals surface area contributed by atoms with E-state index in [1.165, 1.54) is 18.2 Å². The molecular formula is C21H16Cl2F4N2O4. The molecule has 3 unspecified atom stereocenters. The van der Waals surface area contributed by atoms with E-state index in [4.69, 9.17) is 23.2 Å². The molecule has 1 aromatic heterocycles. The topological polar surface area (TPSA) is 84.5 Å². The molecule has 1 aromatic carbocycles. The number of nitrogens with zero attached hydrogens (tertiary/aromatic N) is 2. The van der Waals surface area contributed by atoms with Gasteiger partial charge in [-0.15, -0.1) is 0 Å². The van der Waals surface area contributed by atoms with E-state index in [0.717, 1.165) is 4.90 Å². The number of aromatic nitrogens is 1. The van der Waals surface area contributed by atoms with Crippen LogP contribution < -0.4 is 9.63 Å². The zero-order valence-corrected chi connectivity index (χ0v) is 18.2. The second-order valence-corrected chi connectivity index (χ2v) is 8.95. The highest BCUT2D eigenvalue weighted by atomic mass is 35.5. The number of carbonyl (C=O) groups excluding carboxylic acids is 1. The van der Waals surface area contributed by atoms with E-state index in [2.05, 4.69) is 0 Å². The number of ketones is 1. The lowest BCUT2D eigenvalue weighted by Gasteiger charge is -2.38. The fraction of sp³-hybridized carbons (Fsp3) is 0.381. The summed E-state index contributed by atoms with van der Waals surface area (Å²) in [5.41, 5.74) is -2.65. The molecule has 2 aromatic rings. The molecule has 0 saturated heterocycles. The quantitative estimate of drug-likeness (QED) is 0.368. The SMILES string of the molecule is O=C(O)CC1CCC(=O)C2c3c(F)c[n+]([O-])c(C(F)(F)F)c3N(Cc3ccc(Cl)cc3Cl)C12. The molecule has 0 spiro atoms. The average molecular weight is 507 g/mol. The number of carboxylic acid groups (broad SMARTS) is 1. The maximum absolute atomic E-state index is 15.0. The van der Waals surface area contributed by atoms with Crippen molar-refractivity contribution in [2.24, 2.45) is 5.92 Å². The summed E-state index contributed by atoms with van der Waals surface area (Å²) >= 11 is 12.1. The Labute approximate surface area is 194 Å². The lowest BCUT2D eigenvalue weighted by molar-refractivity contribution is -0.630. The Morgan fingerprint density at radius 1 is 1.30 bits per heavy atom. The van der Waals surface area contributed by atoms with Crippen molar-refractivity contribution in [2.75, 3.05) is 4.90 Å². The molecular weight excluding hydrogens is 491 g/mol. The third kappa shape index (κ3) is 4.10. The van der Waals surface area contributed by atoms with Crippen molar-refractivity contribution in [3.8, 4) is 0 Å². The van der Waals surface area contributed by atoms with Crippen molar-refractivity contribution in [1.29, 1.82) is 0 Å². The summed E-state index contributed by atoms with van der Waals surface area (Å²) in [6.45, 7) is -0.319. The lowest BCUT2D eigenvalue weighted by atomic mass is 9.73. The second kappa shape index (κ2) is 8.32. The van der Waals surface area contributed by atoms with Gasteiger partial charge in [-0.1, -0.05) is 29.3 Å². The number of anilines is 1. The summed E-state index contributed by atoms with van der Waals surface area (Å²) in [4.78, 5) is 25.4. The predicted octanol–water partition coefficient (Wildman–Crippen LogP) is 4.71. The van der Waals surface area contributed by atoms with E-state index >= 15 is 0 Å². The van der Waals surface area contributed by atoms with Crippen LogP contribution in [0.3, 0.4) is 0 Å². The van der Waals surface area contributed by atoms with Gasteiger partial charge in [0.1, 0.15) is 11.5 Å². The van der Waals surface area contributed by atoms with Crippen LogP contribution >= 0.6 is 23.2 Å². The van der Waals surface area contributed by atoms with Crippen LogP contribution in [0.4, 0.5) is 23.2 Å². The fourth-order valence-electron chi connectivity index (χ4n) is 4.92. The molecule has 4 rings (SSSR count). The van der Waals surface area contributed by atoms with Crippen molar-refractivity contribution < 1.29 is 37.0 Å². The minimum Gasteiger partial charge on any atom is -0.618 e. The van der Waals surface area contributed by atoms with Gasteiger partial charge in [0.05, 0.1) is 12.3 Å². The molecule has 1 aliphatic carbocycles. The first-order valence-electron chi connectivity index (χ1n) is 9.88. The van der Waals surface area contributed by atoms with Gasteiger partial charge in [-0.3, -0.25) is 9.59 Å². The van der Waals surface area contributed by atoms with Crippen molar-refractivity contribution >= 4 is 40.6 Å². The number of alkyl halides is 3. The third-order valence-electron chi connectivity index (χ3n) is 6.14. The highest BCUT2D eigenvalue weighted by molar-refractivity contribution is 6.35. The first-order valence-corrected chi connectivity index (χ1v) is 10.6. The summed E-state index contributed by atoms with van der Waals surface area (Å²) in [5.74, 6) is -5.07. The van der Waals surface area contributed by atoms with Crippen LogP contribution in [-0.2, 0) is 22.3 Å². The Balaban J connectivity index is 1.97. The van der Waals surface area contributed by atoms with Crippen molar-refractivity contribution in [2.45, 2.75) is 43.9 Å². The number of benzene rings is 1. The summed E-state index contributed by atoms with van der Waals surface area (Å²) in [5, 5.41) is 22.0. The van der Waals surface area contributed by atoms with Gasteiger partial charge in [0.15, 0.2) is 5.82 Å². The fourth-order valence-corrected chi connectivity index (χ4v) is 5.39. The zero-order valence-electron chi connectivity index (χ0n) is 16.7. The number of pyridine rings is 1. The maximum Gasteiger partial charge on any atom is 0.481 e. The molecule has 1 saturated carbocycles. The summed E-state index contributed by atoms with van der Waals surface area (Å²) < 4.78 is 56.3. The van der Waals surface area contributed by atoms with Gasteiger partial charge in [0.2, 0.25) is 6.20 Å². The monoisotopic (exact) mass is 506 g/mol. The highest BCUT2D eigenvalue weighted by Gasteiger charge is 2.57. The molecule has 0 radical (unpaired) electrons. The van der Waals surface area contributed by atoms with Gasteiger partial charge in [0.25, 0.3) is 0 Å². The molecule has 176 valence electrons. The van der Waals surface area contributed by atoms with Crippen LogP contribution in [0.15, 0.2) is 24.4 Å². The van der Waals surface area contributed by atoms with Crippen LogP contribution in [0.2, 0.25) is 10.0 Å². The average Bonchev–Trinajstić information content (AvgIpc) is 3.01. The van der Waals surface area contributed by atoms with E-state index in [1.54, 1.807) is 0 Å². The Hall–Kier alpha value is -2.59. The standard InChI is InChI=1S/C21H16Cl2F4N2O4/c22-11-3-1-10(12(23)6-11)7-28-18-9(5-15(31)32)2-4-14(30)17(18)16-13(24)8-29(33)20(19(16)28)21(25,26)27/h1,3,6,8-9,17-18H,2,4-5,7H2,(H,31,32). The summed E-state index contributed by atoms with van der Waals surface area (Å²) in [6.07, 6.45) is -5.45. The number of hydrogen-bond donors (Lipinski definition) is 1. The van der Waals surface area contributed by atoms with Gasteiger partial charge in [0, 0.05) is 34.6 Å². The normalized spacial score (nSPS) is 22.3. The largest absolute Gasteiger partial charge is 0.618 e. The van der Waals surface area contributed by atoms with Crippen molar-refractivity contribution in [3.05, 3.63) is 62.3 Å². The highest BCUT2D eigenvalue weighted by Crippen LogP contribution is 2.53. The summed E-state index contributed by atoms with van der Waals surface area (Å²) in [6, 6.07) is 3.20. The number of halogens is 6. The molecule has 3 atom stereocenters. The van der Waals surface area contributed by atoms with Gasteiger partial charge in [-0.25, -0.2) is 0 Å². The van der Waals surface area contributed by atoms with Crippen molar-refractivity contribution in [3.63, 3.8) is 0 Å². The zero-order chi connectivity index (χ0) is 24.2. The Morgan fingerprint density at radius 2 is 2.00 bits per heavy atom. The summed E-state index contributed by atoms with van der Waals surface area (Å²) in [7, 11) is 0. The molecule has 1 fully saturated rings. The van der Waals surface area contributed by atoms with Crippen LogP contribution in [0, 0.1) is 16.9 Å². The van der Waals surface area contributed by atoms with Crippen LogP contribution in [0.25, 0.3) is 0 Å². The number of rotatable bonds is 4. The molecule has 0 bridgehead atoms. The van der Waals surface area contributed by atoms with Gasteiger partial charge in [-0.05, 0) is 30.0 Å². The minimum absolute atomic E-state index is 0.103. The number of carboxylic acids is 1. The smallest absolute Gasteiger partial charge is 0.481 e. The van der Waals surface area contributed by atoms with Gasteiger partial charge in [-0.2, -0.15) is 22.3 Å². The van der Waals surface area contributed by atoms with E-state index in [1.807, 2.05) is 0 Å². The van der Waals surface area contributed by atoms with Crippen molar-refractivity contribution in [1.82, 2.24) is 0 Å². The number of Topliss-reactive ketones (excluding diaryl/α,β-unsaturated/α-hetero) is 1. The Bertz CT molecular complexity index is 1160. The number of aliphatic carboxylic acids is 1. The van der Waals surface area contributed by atoms with Gasteiger partial charge < -0.3 is 15.2 Å². The first kappa shape index (κ1) is 23.6. The molecule has 1 N–H and O–H groups in total. The first-order chi connectivity index (χ1) is 15.4. The maximum atomic E-state index is 15.0. The van der Waals surface area contributed by atoms with E-state index in [-0.39, 0.29) is 35.6 Å². The van der Waals surface area contributed by atoms with E-state index in [9.17, 15) is 37.5 Å². The second-order valence-electron chi connectivity index (χ2n) is 8.11. The van der Waals surface area contributed by atoms with Crippen LogP contribution in [0.1, 0.15) is 42.0 Å². The van der Waals surface area contributed by atoms with Crippen LogP contribution in [-0.4, -0.2) is 22.9 Å². The minimum atomic E-state index is -5.17. The predicted molar refractivity (Wildman–Crippen MR) is 110 cm³/mol. The van der Waals surface area contributed by atoms with Crippen LogP contribution in [0.5, 0.6) is 0 Å². The molecule has 0 amide bonds. The van der Waals surface area contributed by atoms with E-state index in [0.29, 0.717) is 5.56 Å². The van der Waals surface area contributed by atoms with E-state index < -0.39 is 69.7 Å². The Morgan fingerprint density at radius 3 is 2.61 bits per heavy atom. The number of carbonyl (C=O) groups is 2. The molecule has 2 heterocycles. The molecule has 6 nitrogen and oxygen atoms in total. The third-order valence-corrected chi connectivity index (χ3v) is 6.73. The van der Waals surface area contributed by atoms with Gasteiger partial charge >= 0.3 is 17.8 Å². The number of fused-ring (bicyclic) bond motifs is 3. The molecule has 1 aliphatic heterocycles. The number of hydrogen-bond acceptors (Lipinski definition) is 4. The molecule has 33 heavy (non-hydrogen) atoms. The molecule has 2 aliphatic rings.